The van der Waals surface area contributed by atoms with E-state index < -0.39 is 0 Å². The number of benzene rings is 1. The first-order chi connectivity index (χ1) is 9.28. The number of halogens is 1. The Bertz CT molecular complexity index is 378. The van der Waals surface area contributed by atoms with E-state index in [2.05, 4.69) is 16.3 Å². The van der Waals surface area contributed by atoms with E-state index in [9.17, 15) is 0 Å². The molecular formula is C15H23ClN2O. The van der Waals surface area contributed by atoms with Crippen LogP contribution in [0.4, 0.5) is 0 Å². The number of nitrogens with zero attached hydrogens (tertiary/aromatic N) is 1. The van der Waals surface area contributed by atoms with Gasteiger partial charge in [0.2, 0.25) is 0 Å². The Balaban J connectivity index is 1.68. The molecule has 0 radical (unpaired) electrons. The summed E-state index contributed by atoms with van der Waals surface area (Å²) in [6.45, 7) is 5.15. The van der Waals surface area contributed by atoms with Gasteiger partial charge < -0.3 is 15.0 Å². The fourth-order valence-electron chi connectivity index (χ4n) is 2.41. The van der Waals surface area contributed by atoms with Crippen LogP contribution in [0, 0.1) is 0 Å². The number of piperidine rings is 1. The van der Waals surface area contributed by atoms with E-state index >= 15 is 0 Å². The molecule has 0 amide bonds. The minimum Gasteiger partial charge on any atom is -0.373 e. The fraction of sp³-hybridized carbons (Fsp3) is 0.600. The number of hydrogen-bond donors (Lipinski definition) is 1. The topological polar surface area (TPSA) is 24.5 Å². The summed E-state index contributed by atoms with van der Waals surface area (Å²) in [6.07, 6.45) is 2.65. The average Bonchev–Trinajstić information content (AvgIpc) is 2.44. The second-order valence-corrected chi connectivity index (χ2v) is 5.52. The molecule has 1 aliphatic rings. The molecule has 0 spiro atoms. The summed E-state index contributed by atoms with van der Waals surface area (Å²) in [4.78, 5) is 2.50. The van der Waals surface area contributed by atoms with Gasteiger partial charge in [-0.2, -0.15) is 0 Å². The molecule has 1 aliphatic heterocycles. The molecule has 0 aliphatic carbocycles. The van der Waals surface area contributed by atoms with Gasteiger partial charge in [-0.1, -0.05) is 23.7 Å². The molecule has 0 aromatic heterocycles. The van der Waals surface area contributed by atoms with Crippen molar-refractivity contribution < 1.29 is 4.74 Å². The van der Waals surface area contributed by atoms with E-state index in [0.29, 0.717) is 12.7 Å². The van der Waals surface area contributed by atoms with Crippen molar-refractivity contribution in [1.82, 2.24) is 10.2 Å². The first-order valence-electron chi connectivity index (χ1n) is 7.01. The zero-order valence-corrected chi connectivity index (χ0v) is 12.3. The summed E-state index contributed by atoms with van der Waals surface area (Å²) in [5.41, 5.74) is 1.16. The molecule has 0 atom stereocenters. The predicted octanol–water partition coefficient (Wildman–Crippen LogP) is 2.54. The number of likely N-dealkylation sites (tertiary alicyclic amines) is 1. The maximum Gasteiger partial charge on any atom is 0.0721 e. The predicted molar refractivity (Wildman–Crippen MR) is 79.6 cm³/mol. The lowest BCUT2D eigenvalue weighted by Gasteiger charge is -2.31. The molecule has 1 heterocycles. The highest BCUT2D eigenvalue weighted by atomic mass is 35.5. The fourth-order valence-corrected chi connectivity index (χ4v) is 2.62. The molecule has 0 bridgehead atoms. The highest BCUT2D eigenvalue weighted by Gasteiger charge is 2.19. The number of hydrogen-bond acceptors (Lipinski definition) is 3. The molecule has 2 rings (SSSR count). The summed E-state index contributed by atoms with van der Waals surface area (Å²) in [5, 5.41) is 3.97. The van der Waals surface area contributed by atoms with Crippen LogP contribution >= 0.6 is 11.6 Å². The molecule has 1 aromatic rings. The monoisotopic (exact) mass is 282 g/mol. The number of nitrogens with one attached hydrogen (secondary N) is 1. The van der Waals surface area contributed by atoms with E-state index in [-0.39, 0.29) is 0 Å². The Morgan fingerprint density at radius 3 is 2.84 bits per heavy atom. The second kappa shape index (κ2) is 7.85. The van der Waals surface area contributed by atoms with Crippen molar-refractivity contribution in [3.8, 4) is 0 Å². The van der Waals surface area contributed by atoms with Crippen LogP contribution in [0.25, 0.3) is 0 Å². The first-order valence-corrected chi connectivity index (χ1v) is 7.38. The van der Waals surface area contributed by atoms with Gasteiger partial charge in [0.1, 0.15) is 0 Å². The van der Waals surface area contributed by atoms with Crippen LogP contribution in [-0.4, -0.2) is 44.2 Å². The molecule has 0 saturated carbocycles. The minimum atomic E-state index is 0.393. The molecule has 0 unspecified atom stereocenters. The molecule has 1 fully saturated rings. The van der Waals surface area contributed by atoms with Crippen molar-refractivity contribution in [2.45, 2.75) is 25.6 Å². The third-order valence-electron chi connectivity index (χ3n) is 3.59. The van der Waals surface area contributed by atoms with Gasteiger partial charge in [-0.15, -0.1) is 0 Å². The van der Waals surface area contributed by atoms with E-state index in [1.165, 1.54) is 0 Å². The van der Waals surface area contributed by atoms with Crippen LogP contribution in [0.1, 0.15) is 18.4 Å². The lowest BCUT2D eigenvalue weighted by atomic mass is 10.1. The van der Waals surface area contributed by atoms with Crippen LogP contribution in [0.15, 0.2) is 24.3 Å². The largest absolute Gasteiger partial charge is 0.373 e. The van der Waals surface area contributed by atoms with Crippen LogP contribution in [0.3, 0.4) is 0 Å². The molecule has 1 aromatic carbocycles. The average molecular weight is 283 g/mol. The van der Waals surface area contributed by atoms with Crippen LogP contribution < -0.4 is 5.32 Å². The van der Waals surface area contributed by atoms with E-state index in [1.807, 2.05) is 25.2 Å². The smallest absolute Gasteiger partial charge is 0.0721 e. The molecule has 106 valence electrons. The summed E-state index contributed by atoms with van der Waals surface area (Å²) in [7, 11) is 2.00. The maximum absolute atomic E-state index is 5.98. The first kappa shape index (κ1) is 14.8. The van der Waals surface area contributed by atoms with Gasteiger partial charge in [-0.3, -0.25) is 0 Å². The Kier molecular flexibility index (Phi) is 6.11. The lowest BCUT2D eigenvalue weighted by molar-refractivity contribution is -0.00209. The summed E-state index contributed by atoms with van der Waals surface area (Å²) in [6, 6.07) is 7.91. The molecule has 1 N–H and O–H groups in total. The van der Waals surface area contributed by atoms with Crippen molar-refractivity contribution in [2.75, 3.05) is 33.2 Å². The van der Waals surface area contributed by atoms with Gasteiger partial charge in [-0.25, -0.2) is 0 Å². The van der Waals surface area contributed by atoms with Crippen molar-refractivity contribution in [3.05, 3.63) is 34.9 Å². The van der Waals surface area contributed by atoms with Gasteiger partial charge in [0.05, 0.1) is 12.7 Å². The van der Waals surface area contributed by atoms with Crippen LogP contribution in [0.2, 0.25) is 5.02 Å². The van der Waals surface area contributed by atoms with Crippen molar-refractivity contribution in [1.29, 1.82) is 0 Å². The van der Waals surface area contributed by atoms with Crippen LogP contribution in [-0.2, 0) is 11.3 Å². The quantitative estimate of drug-likeness (QED) is 0.868. The molecule has 19 heavy (non-hydrogen) atoms. The summed E-state index contributed by atoms with van der Waals surface area (Å²) in [5.74, 6) is 0. The molecular weight excluding hydrogens is 260 g/mol. The number of likely N-dealkylation sites (N-methyl/N-ethyl adjacent to an activating group) is 1. The molecule has 4 heteroatoms. The van der Waals surface area contributed by atoms with Gasteiger partial charge in [0.25, 0.3) is 0 Å². The summed E-state index contributed by atoms with van der Waals surface area (Å²) >= 11 is 5.97. The van der Waals surface area contributed by atoms with Crippen molar-refractivity contribution in [3.63, 3.8) is 0 Å². The Morgan fingerprint density at radius 2 is 2.16 bits per heavy atom. The zero-order chi connectivity index (χ0) is 13.5. The van der Waals surface area contributed by atoms with Crippen molar-refractivity contribution >= 4 is 11.6 Å². The Hall–Kier alpha value is -0.610. The number of rotatable bonds is 6. The third-order valence-corrected chi connectivity index (χ3v) is 3.82. The van der Waals surface area contributed by atoms with Gasteiger partial charge >= 0.3 is 0 Å². The maximum atomic E-state index is 5.98. The highest BCUT2D eigenvalue weighted by Crippen LogP contribution is 2.17. The molecule has 3 nitrogen and oxygen atoms in total. The van der Waals surface area contributed by atoms with Gasteiger partial charge in [-0.05, 0) is 37.6 Å². The number of ether oxygens (including phenoxy) is 1. The Labute approximate surface area is 120 Å². The van der Waals surface area contributed by atoms with E-state index in [0.717, 1.165) is 49.6 Å². The zero-order valence-electron chi connectivity index (χ0n) is 11.6. The standard InChI is InChI=1S/C15H23ClN2O/c1-17-7-10-18-8-5-15(6-9-18)19-12-13-3-2-4-14(16)11-13/h2-4,11,15,17H,5-10,12H2,1H3. The SMILES string of the molecule is CNCCN1CCC(OCc2cccc(Cl)c2)CC1. The Morgan fingerprint density at radius 1 is 1.37 bits per heavy atom. The normalized spacial score (nSPS) is 17.8. The highest BCUT2D eigenvalue weighted by molar-refractivity contribution is 6.30. The van der Waals surface area contributed by atoms with Crippen LogP contribution in [0.5, 0.6) is 0 Å². The van der Waals surface area contributed by atoms with E-state index in [4.69, 9.17) is 16.3 Å². The summed E-state index contributed by atoms with van der Waals surface area (Å²) < 4.78 is 5.98. The van der Waals surface area contributed by atoms with E-state index in [1.54, 1.807) is 0 Å². The third kappa shape index (κ3) is 5.11. The van der Waals surface area contributed by atoms with Gasteiger partial charge in [0, 0.05) is 31.2 Å². The van der Waals surface area contributed by atoms with Crippen molar-refractivity contribution in [2.24, 2.45) is 0 Å². The lowest BCUT2D eigenvalue weighted by Crippen LogP contribution is -2.40. The molecule has 1 saturated heterocycles. The second-order valence-electron chi connectivity index (χ2n) is 5.09. The van der Waals surface area contributed by atoms with Gasteiger partial charge in [0.15, 0.2) is 0 Å². The minimum absolute atomic E-state index is 0.393.